The van der Waals surface area contributed by atoms with E-state index in [-0.39, 0.29) is 0 Å². The van der Waals surface area contributed by atoms with Crippen LogP contribution in [0.1, 0.15) is 0 Å². The van der Waals surface area contributed by atoms with Gasteiger partial charge in [0.2, 0.25) is 10.3 Å². The lowest BCUT2D eigenvalue weighted by molar-refractivity contribution is 0.721. The normalized spacial score (nSPS) is 11.0. The SMILES string of the molecule is CSc1nc(SC)nc(SSSSc2nc(SC)nc(SC)n2)n1. The van der Waals surface area contributed by atoms with Gasteiger partial charge in [-0.25, -0.2) is 0 Å². The maximum Gasteiger partial charge on any atom is 0.204 e. The summed E-state index contributed by atoms with van der Waals surface area (Å²) in [4.78, 5) is 26.2. The summed E-state index contributed by atoms with van der Waals surface area (Å²) < 4.78 is 0. The highest BCUT2D eigenvalue weighted by Gasteiger charge is 2.09. The molecule has 2 aromatic rings. The number of nitrogens with zero attached hydrogens (tertiary/aromatic N) is 6. The van der Waals surface area contributed by atoms with Crippen LogP contribution in [0.15, 0.2) is 30.9 Å². The summed E-state index contributed by atoms with van der Waals surface area (Å²) in [5, 5.41) is 4.37. The molecule has 0 spiro atoms. The van der Waals surface area contributed by atoms with Crippen LogP contribution in [0.2, 0.25) is 0 Å². The number of hydrogen-bond donors (Lipinski definition) is 0. The van der Waals surface area contributed by atoms with Crippen molar-refractivity contribution in [3.05, 3.63) is 0 Å². The Labute approximate surface area is 172 Å². The Kier molecular flexibility index (Phi) is 10.1. The van der Waals surface area contributed by atoms with Crippen molar-refractivity contribution in [2.24, 2.45) is 0 Å². The Morgan fingerprint density at radius 1 is 0.417 bits per heavy atom. The molecule has 0 aliphatic rings. The predicted octanol–water partition coefficient (Wildman–Crippen LogP) is 5.04. The first-order valence-electron chi connectivity index (χ1n) is 6.04. The number of thioether (sulfide) groups is 4. The standard InChI is InChI=1S/C10H12N6S8/c1-17-5-11-6(18-2)14-9(13-5)21-23-24-22-10-15-7(19-3)12-8(16-10)20-4/h1-4H3. The molecule has 2 aromatic heterocycles. The highest BCUT2D eigenvalue weighted by Crippen LogP contribution is 2.48. The maximum atomic E-state index is 4.40. The molecule has 0 fully saturated rings. The summed E-state index contributed by atoms with van der Waals surface area (Å²) in [7, 11) is 6.17. The van der Waals surface area contributed by atoms with Crippen LogP contribution in [-0.4, -0.2) is 54.9 Å². The molecular formula is C10H12N6S8. The van der Waals surface area contributed by atoms with Gasteiger partial charge in [-0.2, -0.15) is 29.9 Å². The van der Waals surface area contributed by atoms with Crippen LogP contribution in [0.5, 0.6) is 0 Å². The quantitative estimate of drug-likeness (QED) is 0.277. The molecule has 130 valence electrons. The molecule has 0 radical (unpaired) electrons. The molecule has 6 nitrogen and oxygen atoms in total. The fraction of sp³-hybridized carbons (Fsp3) is 0.400. The first kappa shape index (κ1) is 21.1. The van der Waals surface area contributed by atoms with E-state index in [0.29, 0.717) is 10.3 Å². The summed E-state index contributed by atoms with van der Waals surface area (Å²) in [6, 6.07) is 0. The molecule has 24 heavy (non-hydrogen) atoms. The van der Waals surface area contributed by atoms with Gasteiger partial charge in [0.25, 0.3) is 0 Å². The van der Waals surface area contributed by atoms with Crippen LogP contribution >= 0.6 is 88.3 Å². The van der Waals surface area contributed by atoms with Crippen LogP contribution < -0.4 is 0 Å². The highest BCUT2D eigenvalue weighted by molar-refractivity contribution is 9.26. The Morgan fingerprint density at radius 2 is 0.667 bits per heavy atom. The van der Waals surface area contributed by atoms with Crippen molar-refractivity contribution in [2.75, 3.05) is 25.0 Å². The first-order valence-corrected chi connectivity index (χ1v) is 15.8. The minimum absolute atomic E-state index is 0.710. The van der Waals surface area contributed by atoms with Gasteiger partial charge in [-0.3, -0.25) is 0 Å². The lowest BCUT2D eigenvalue weighted by Crippen LogP contribution is -1.95. The Balaban J connectivity index is 1.91. The minimum atomic E-state index is 0.710. The third-order valence-electron chi connectivity index (χ3n) is 2.12. The second-order valence-corrected chi connectivity index (χ2v) is 12.2. The van der Waals surface area contributed by atoms with E-state index >= 15 is 0 Å². The van der Waals surface area contributed by atoms with Gasteiger partial charge in [0, 0.05) is 0 Å². The zero-order chi connectivity index (χ0) is 17.4. The molecule has 0 aliphatic heterocycles. The molecule has 0 bridgehead atoms. The second-order valence-electron chi connectivity index (χ2n) is 3.49. The smallest absolute Gasteiger partial charge is 0.196 e. The molecular weight excluding hydrogens is 461 g/mol. The first-order chi connectivity index (χ1) is 11.7. The van der Waals surface area contributed by atoms with Gasteiger partial charge in [0.1, 0.15) is 0 Å². The fourth-order valence-electron chi connectivity index (χ4n) is 1.17. The summed E-state index contributed by atoms with van der Waals surface area (Å²) in [6.07, 6.45) is 7.83. The van der Waals surface area contributed by atoms with Crippen LogP contribution in [0.4, 0.5) is 0 Å². The van der Waals surface area contributed by atoms with E-state index in [1.165, 1.54) is 68.6 Å². The van der Waals surface area contributed by atoms with Crippen molar-refractivity contribution in [1.82, 2.24) is 29.9 Å². The van der Waals surface area contributed by atoms with Crippen molar-refractivity contribution in [1.29, 1.82) is 0 Å². The molecule has 0 aromatic carbocycles. The molecule has 0 saturated carbocycles. The Morgan fingerprint density at radius 3 is 0.917 bits per heavy atom. The molecule has 14 heteroatoms. The summed E-state index contributed by atoms with van der Waals surface area (Å²) in [5.41, 5.74) is 0. The zero-order valence-electron chi connectivity index (χ0n) is 12.9. The molecule has 0 N–H and O–H groups in total. The van der Waals surface area contributed by atoms with E-state index in [1.54, 1.807) is 19.7 Å². The van der Waals surface area contributed by atoms with Gasteiger partial charge in [0.05, 0.1) is 0 Å². The average molecular weight is 473 g/mol. The summed E-state index contributed by atoms with van der Waals surface area (Å²) in [5.74, 6) is 0. The van der Waals surface area contributed by atoms with Gasteiger partial charge < -0.3 is 0 Å². The summed E-state index contributed by atoms with van der Waals surface area (Å²) in [6.45, 7) is 0. The number of rotatable bonds is 9. The van der Waals surface area contributed by atoms with Crippen molar-refractivity contribution >= 4 is 88.3 Å². The number of aromatic nitrogens is 6. The van der Waals surface area contributed by atoms with Gasteiger partial charge in [-0.1, -0.05) is 47.0 Å². The second kappa shape index (κ2) is 11.5. The fourth-order valence-corrected chi connectivity index (χ4v) is 7.68. The van der Waals surface area contributed by atoms with E-state index in [1.807, 2.05) is 25.0 Å². The van der Waals surface area contributed by atoms with Crippen LogP contribution in [-0.2, 0) is 0 Å². The van der Waals surface area contributed by atoms with Crippen molar-refractivity contribution < 1.29 is 0 Å². The Bertz CT molecular complexity index is 572. The lowest BCUT2D eigenvalue weighted by Gasteiger charge is -2.04. The van der Waals surface area contributed by atoms with Gasteiger partial charge in [-0.15, -0.1) is 0 Å². The van der Waals surface area contributed by atoms with Gasteiger partial charge in [0.15, 0.2) is 20.6 Å². The van der Waals surface area contributed by atoms with Crippen LogP contribution in [0.3, 0.4) is 0 Å². The monoisotopic (exact) mass is 472 g/mol. The van der Waals surface area contributed by atoms with Gasteiger partial charge >= 0.3 is 0 Å². The van der Waals surface area contributed by atoms with Crippen LogP contribution in [0.25, 0.3) is 0 Å². The third kappa shape index (κ3) is 6.85. The van der Waals surface area contributed by atoms with Crippen molar-refractivity contribution in [2.45, 2.75) is 30.9 Å². The Hall–Kier alpha value is 0.820. The molecule has 0 amide bonds. The minimum Gasteiger partial charge on any atom is -0.196 e. The van der Waals surface area contributed by atoms with E-state index in [9.17, 15) is 0 Å². The topological polar surface area (TPSA) is 77.3 Å². The zero-order valence-corrected chi connectivity index (χ0v) is 19.5. The van der Waals surface area contributed by atoms with Crippen LogP contribution in [0, 0.1) is 0 Å². The van der Waals surface area contributed by atoms with Crippen molar-refractivity contribution in [3.8, 4) is 0 Å². The van der Waals surface area contributed by atoms with E-state index in [4.69, 9.17) is 0 Å². The molecule has 0 unspecified atom stereocenters. The van der Waals surface area contributed by atoms with E-state index in [0.717, 1.165) is 20.6 Å². The maximum absolute atomic E-state index is 4.40. The lowest BCUT2D eigenvalue weighted by atomic mass is 11.1. The molecule has 2 heterocycles. The summed E-state index contributed by atoms with van der Waals surface area (Å²) >= 11 is 6.06. The third-order valence-corrected chi connectivity index (χ3v) is 9.86. The van der Waals surface area contributed by atoms with E-state index in [2.05, 4.69) is 29.9 Å². The van der Waals surface area contributed by atoms with Crippen molar-refractivity contribution in [3.63, 3.8) is 0 Å². The van der Waals surface area contributed by atoms with Gasteiger partial charge in [-0.05, 0) is 66.3 Å². The molecule has 0 saturated heterocycles. The molecule has 2 rings (SSSR count). The highest BCUT2D eigenvalue weighted by atomic mass is 33.7. The average Bonchev–Trinajstić information content (AvgIpc) is 2.64. The molecule has 0 aliphatic carbocycles. The molecule has 0 atom stereocenters. The number of hydrogen-bond acceptors (Lipinski definition) is 14. The van der Waals surface area contributed by atoms with E-state index < -0.39 is 0 Å². The predicted molar refractivity (Wildman–Crippen MR) is 114 cm³/mol. The largest absolute Gasteiger partial charge is 0.204 e.